The standard InChI is InChI=1S/C13H18N2O2/c1-17-11-7-5-10(6-8-11)15-12-4-2-3-9-14-13(12)16/h5-8,12,15H,2-4,9H2,1H3,(H,14,16)/t12-/m0/s1. The zero-order valence-corrected chi connectivity index (χ0v) is 10.0. The van der Waals surface area contributed by atoms with Crippen molar-refractivity contribution in [3.63, 3.8) is 0 Å². The Kier molecular flexibility index (Phi) is 3.85. The molecule has 0 aromatic heterocycles. The normalized spacial score (nSPS) is 20.3. The van der Waals surface area contributed by atoms with Crippen molar-refractivity contribution in [2.45, 2.75) is 25.3 Å². The topological polar surface area (TPSA) is 50.4 Å². The van der Waals surface area contributed by atoms with Gasteiger partial charge in [-0.25, -0.2) is 0 Å². The molecule has 1 fully saturated rings. The van der Waals surface area contributed by atoms with Gasteiger partial charge >= 0.3 is 0 Å². The van der Waals surface area contributed by atoms with Crippen molar-refractivity contribution < 1.29 is 9.53 Å². The summed E-state index contributed by atoms with van der Waals surface area (Å²) in [4.78, 5) is 11.7. The van der Waals surface area contributed by atoms with Crippen LogP contribution < -0.4 is 15.4 Å². The molecule has 92 valence electrons. The zero-order valence-electron chi connectivity index (χ0n) is 10.0. The fourth-order valence-corrected chi connectivity index (χ4v) is 1.97. The SMILES string of the molecule is COc1ccc(N[C@H]2CCCCNC2=O)cc1. The number of methoxy groups -OCH3 is 1. The van der Waals surface area contributed by atoms with Crippen LogP contribution in [0.2, 0.25) is 0 Å². The summed E-state index contributed by atoms with van der Waals surface area (Å²) in [6.07, 6.45) is 3.02. The first-order valence-electron chi connectivity index (χ1n) is 5.98. The smallest absolute Gasteiger partial charge is 0.242 e. The van der Waals surface area contributed by atoms with Crippen molar-refractivity contribution in [3.8, 4) is 5.75 Å². The first kappa shape index (κ1) is 11.8. The van der Waals surface area contributed by atoms with Gasteiger partial charge in [-0.15, -0.1) is 0 Å². The Bertz CT molecular complexity index is 376. The molecule has 0 aliphatic carbocycles. The second-order valence-electron chi connectivity index (χ2n) is 4.21. The Labute approximate surface area is 101 Å². The molecule has 1 saturated heterocycles. The molecular formula is C13H18N2O2. The maximum Gasteiger partial charge on any atom is 0.242 e. The molecule has 1 aliphatic rings. The van der Waals surface area contributed by atoms with Crippen molar-refractivity contribution in [3.05, 3.63) is 24.3 Å². The van der Waals surface area contributed by atoms with E-state index in [0.717, 1.165) is 37.2 Å². The molecule has 2 rings (SSSR count). The molecule has 1 amide bonds. The van der Waals surface area contributed by atoms with E-state index in [1.165, 1.54) is 0 Å². The monoisotopic (exact) mass is 234 g/mol. The van der Waals surface area contributed by atoms with Crippen molar-refractivity contribution in [2.75, 3.05) is 19.0 Å². The average Bonchev–Trinajstić information content (AvgIpc) is 2.56. The molecule has 1 aromatic carbocycles. The van der Waals surface area contributed by atoms with Crippen LogP contribution in [0.5, 0.6) is 5.75 Å². The van der Waals surface area contributed by atoms with Gasteiger partial charge < -0.3 is 15.4 Å². The predicted octanol–water partition coefficient (Wildman–Crippen LogP) is 1.78. The van der Waals surface area contributed by atoms with Gasteiger partial charge in [-0.1, -0.05) is 0 Å². The number of carbonyl (C=O) groups is 1. The summed E-state index contributed by atoms with van der Waals surface area (Å²) in [7, 11) is 1.64. The number of benzene rings is 1. The van der Waals surface area contributed by atoms with E-state index in [9.17, 15) is 4.79 Å². The van der Waals surface area contributed by atoms with Crippen molar-refractivity contribution in [2.24, 2.45) is 0 Å². The van der Waals surface area contributed by atoms with Gasteiger partial charge in [0, 0.05) is 12.2 Å². The number of hydrogen-bond donors (Lipinski definition) is 2. The highest BCUT2D eigenvalue weighted by Gasteiger charge is 2.19. The van der Waals surface area contributed by atoms with E-state index in [2.05, 4.69) is 10.6 Å². The van der Waals surface area contributed by atoms with Crippen LogP contribution in [-0.2, 0) is 4.79 Å². The van der Waals surface area contributed by atoms with E-state index in [1.54, 1.807) is 7.11 Å². The third-order valence-corrected chi connectivity index (χ3v) is 2.97. The van der Waals surface area contributed by atoms with Crippen LogP contribution >= 0.6 is 0 Å². The molecule has 4 nitrogen and oxygen atoms in total. The Hall–Kier alpha value is -1.71. The molecule has 0 radical (unpaired) electrons. The Morgan fingerprint density at radius 2 is 2.06 bits per heavy atom. The van der Waals surface area contributed by atoms with Crippen LogP contribution in [0.25, 0.3) is 0 Å². The van der Waals surface area contributed by atoms with Crippen LogP contribution in [0.4, 0.5) is 5.69 Å². The first-order chi connectivity index (χ1) is 8.29. The van der Waals surface area contributed by atoms with E-state index < -0.39 is 0 Å². The molecule has 1 atom stereocenters. The van der Waals surface area contributed by atoms with Crippen LogP contribution in [0.3, 0.4) is 0 Å². The lowest BCUT2D eigenvalue weighted by Crippen LogP contribution is -2.37. The van der Waals surface area contributed by atoms with Crippen LogP contribution in [0, 0.1) is 0 Å². The highest BCUT2D eigenvalue weighted by molar-refractivity contribution is 5.84. The highest BCUT2D eigenvalue weighted by atomic mass is 16.5. The zero-order chi connectivity index (χ0) is 12.1. The van der Waals surface area contributed by atoms with Gasteiger partial charge in [0.05, 0.1) is 7.11 Å². The van der Waals surface area contributed by atoms with Gasteiger partial charge in [-0.05, 0) is 43.5 Å². The largest absolute Gasteiger partial charge is 0.497 e. The molecule has 1 heterocycles. The lowest BCUT2D eigenvalue weighted by molar-refractivity contribution is -0.121. The molecule has 0 unspecified atom stereocenters. The van der Waals surface area contributed by atoms with Gasteiger partial charge in [-0.3, -0.25) is 4.79 Å². The fraction of sp³-hybridized carbons (Fsp3) is 0.462. The Morgan fingerprint density at radius 3 is 2.76 bits per heavy atom. The minimum Gasteiger partial charge on any atom is -0.497 e. The number of ether oxygens (including phenoxy) is 1. The molecule has 1 aromatic rings. The molecule has 0 saturated carbocycles. The second-order valence-corrected chi connectivity index (χ2v) is 4.21. The summed E-state index contributed by atoms with van der Waals surface area (Å²) in [5.41, 5.74) is 0.952. The molecule has 2 N–H and O–H groups in total. The Balaban J connectivity index is 2.00. The van der Waals surface area contributed by atoms with Crippen molar-refractivity contribution in [1.82, 2.24) is 5.32 Å². The summed E-state index contributed by atoms with van der Waals surface area (Å²) in [5, 5.41) is 6.17. The summed E-state index contributed by atoms with van der Waals surface area (Å²) in [5.74, 6) is 0.916. The third kappa shape index (κ3) is 3.12. The van der Waals surface area contributed by atoms with Gasteiger partial charge in [0.2, 0.25) is 5.91 Å². The lowest BCUT2D eigenvalue weighted by atomic mass is 10.1. The lowest BCUT2D eigenvalue weighted by Gasteiger charge is -2.16. The number of hydrogen-bond acceptors (Lipinski definition) is 3. The minimum absolute atomic E-state index is 0.0957. The molecule has 17 heavy (non-hydrogen) atoms. The maximum atomic E-state index is 11.7. The van der Waals surface area contributed by atoms with Crippen molar-refractivity contribution >= 4 is 11.6 Å². The summed E-state index contributed by atoms with van der Waals surface area (Å²) in [6.45, 7) is 0.791. The number of nitrogens with one attached hydrogen (secondary N) is 2. The van der Waals surface area contributed by atoms with Gasteiger partial charge in [0.25, 0.3) is 0 Å². The second kappa shape index (κ2) is 5.57. The molecular weight excluding hydrogens is 216 g/mol. The van der Waals surface area contributed by atoms with E-state index in [1.807, 2.05) is 24.3 Å². The number of anilines is 1. The quantitative estimate of drug-likeness (QED) is 0.838. The summed E-state index contributed by atoms with van der Waals surface area (Å²) >= 11 is 0. The van der Waals surface area contributed by atoms with E-state index in [4.69, 9.17) is 4.74 Å². The fourth-order valence-electron chi connectivity index (χ4n) is 1.97. The highest BCUT2D eigenvalue weighted by Crippen LogP contribution is 2.17. The Morgan fingerprint density at radius 1 is 1.29 bits per heavy atom. The molecule has 4 heteroatoms. The van der Waals surface area contributed by atoms with E-state index in [-0.39, 0.29) is 11.9 Å². The van der Waals surface area contributed by atoms with Crippen LogP contribution in [0.1, 0.15) is 19.3 Å². The predicted molar refractivity (Wildman–Crippen MR) is 67.3 cm³/mol. The van der Waals surface area contributed by atoms with Crippen LogP contribution in [0.15, 0.2) is 24.3 Å². The molecule has 1 aliphatic heterocycles. The maximum absolute atomic E-state index is 11.7. The van der Waals surface area contributed by atoms with Gasteiger partial charge in [0.15, 0.2) is 0 Å². The van der Waals surface area contributed by atoms with E-state index in [0.29, 0.717) is 0 Å². The number of carbonyl (C=O) groups excluding carboxylic acids is 1. The minimum atomic E-state index is -0.120. The summed E-state index contributed by atoms with van der Waals surface area (Å²) in [6, 6.07) is 7.51. The third-order valence-electron chi connectivity index (χ3n) is 2.97. The number of amides is 1. The van der Waals surface area contributed by atoms with Crippen molar-refractivity contribution in [1.29, 1.82) is 0 Å². The van der Waals surface area contributed by atoms with Gasteiger partial charge in [-0.2, -0.15) is 0 Å². The summed E-state index contributed by atoms with van der Waals surface area (Å²) < 4.78 is 5.09. The average molecular weight is 234 g/mol. The van der Waals surface area contributed by atoms with Gasteiger partial charge in [0.1, 0.15) is 11.8 Å². The first-order valence-corrected chi connectivity index (χ1v) is 5.98. The molecule has 0 bridgehead atoms. The van der Waals surface area contributed by atoms with E-state index >= 15 is 0 Å². The van der Waals surface area contributed by atoms with Crippen LogP contribution in [-0.4, -0.2) is 25.6 Å². The molecule has 0 spiro atoms. The number of rotatable bonds is 3.